The first-order valence-corrected chi connectivity index (χ1v) is 8.19. The molecule has 2 rings (SSSR count). The number of imide groups is 1. The number of carbonyl (C=O) groups excluding carboxylic acids is 2. The maximum Gasteiger partial charge on any atom is 0.321 e. The van der Waals surface area contributed by atoms with Crippen molar-refractivity contribution in [1.82, 2.24) is 20.2 Å². The first-order chi connectivity index (χ1) is 12.0. The molecule has 0 saturated carbocycles. The Morgan fingerprint density at radius 3 is 2.92 bits per heavy atom. The number of benzene rings is 1. The lowest BCUT2D eigenvalue weighted by Gasteiger charge is -2.08. The molecule has 3 amide bonds. The summed E-state index contributed by atoms with van der Waals surface area (Å²) in [5.41, 5.74) is 0.0814. The monoisotopic (exact) mass is 366 g/mol. The molecule has 0 atom stereocenters. The SMILES string of the molecule is CCOCCCNC(=O)NC(=O)Cn1cnc2ccc(Cl)cc2c1=O. The van der Waals surface area contributed by atoms with Crippen molar-refractivity contribution in [2.24, 2.45) is 0 Å². The summed E-state index contributed by atoms with van der Waals surface area (Å²) in [7, 11) is 0. The number of ether oxygens (including phenoxy) is 1. The van der Waals surface area contributed by atoms with Gasteiger partial charge < -0.3 is 10.1 Å². The third-order valence-electron chi connectivity index (χ3n) is 3.31. The molecular formula is C16H19ClN4O4. The van der Waals surface area contributed by atoms with Gasteiger partial charge in [0.2, 0.25) is 5.91 Å². The fourth-order valence-electron chi connectivity index (χ4n) is 2.13. The molecule has 9 heteroatoms. The smallest absolute Gasteiger partial charge is 0.321 e. The van der Waals surface area contributed by atoms with Crippen LogP contribution < -0.4 is 16.2 Å². The fraction of sp³-hybridized carbons (Fsp3) is 0.375. The van der Waals surface area contributed by atoms with Crippen molar-refractivity contribution in [2.75, 3.05) is 19.8 Å². The Hall–Kier alpha value is -2.45. The summed E-state index contributed by atoms with van der Waals surface area (Å²) in [6, 6.07) is 4.13. The molecule has 0 aliphatic carbocycles. The summed E-state index contributed by atoms with van der Waals surface area (Å²) in [6.07, 6.45) is 1.91. The van der Waals surface area contributed by atoms with Crippen molar-refractivity contribution < 1.29 is 14.3 Å². The Morgan fingerprint density at radius 1 is 1.36 bits per heavy atom. The fourth-order valence-corrected chi connectivity index (χ4v) is 2.30. The van der Waals surface area contributed by atoms with Crippen LogP contribution in [0.3, 0.4) is 0 Å². The first kappa shape index (κ1) is 18.9. The molecule has 0 saturated heterocycles. The van der Waals surface area contributed by atoms with Crippen LogP contribution in [0.4, 0.5) is 4.79 Å². The number of hydrogen-bond donors (Lipinski definition) is 2. The number of aromatic nitrogens is 2. The summed E-state index contributed by atoms with van der Waals surface area (Å²) in [6.45, 7) is 3.10. The quantitative estimate of drug-likeness (QED) is 0.719. The van der Waals surface area contributed by atoms with Crippen LogP contribution in [0.1, 0.15) is 13.3 Å². The van der Waals surface area contributed by atoms with Gasteiger partial charge in [0.25, 0.3) is 5.56 Å². The van der Waals surface area contributed by atoms with Gasteiger partial charge in [-0.3, -0.25) is 19.5 Å². The molecule has 0 aliphatic rings. The lowest BCUT2D eigenvalue weighted by molar-refractivity contribution is -0.120. The highest BCUT2D eigenvalue weighted by Gasteiger charge is 2.11. The molecule has 0 bridgehead atoms. The van der Waals surface area contributed by atoms with Gasteiger partial charge in [0, 0.05) is 24.8 Å². The van der Waals surface area contributed by atoms with E-state index in [0.717, 1.165) is 4.57 Å². The van der Waals surface area contributed by atoms with E-state index in [0.29, 0.717) is 42.1 Å². The molecule has 0 spiro atoms. The van der Waals surface area contributed by atoms with Gasteiger partial charge in [-0.05, 0) is 31.5 Å². The second kappa shape index (κ2) is 9.14. The third kappa shape index (κ3) is 5.54. The van der Waals surface area contributed by atoms with Gasteiger partial charge in [-0.2, -0.15) is 0 Å². The highest BCUT2D eigenvalue weighted by atomic mass is 35.5. The molecule has 8 nitrogen and oxygen atoms in total. The summed E-state index contributed by atoms with van der Waals surface area (Å²) < 4.78 is 6.26. The van der Waals surface area contributed by atoms with E-state index in [-0.39, 0.29) is 6.54 Å². The van der Waals surface area contributed by atoms with Gasteiger partial charge in [0.1, 0.15) is 6.54 Å². The van der Waals surface area contributed by atoms with E-state index in [1.54, 1.807) is 12.1 Å². The van der Waals surface area contributed by atoms with E-state index in [4.69, 9.17) is 16.3 Å². The Morgan fingerprint density at radius 2 is 2.16 bits per heavy atom. The summed E-state index contributed by atoms with van der Waals surface area (Å²) >= 11 is 5.88. The van der Waals surface area contributed by atoms with E-state index in [9.17, 15) is 14.4 Å². The molecule has 0 fully saturated rings. The zero-order valence-corrected chi connectivity index (χ0v) is 14.5. The van der Waals surface area contributed by atoms with E-state index < -0.39 is 17.5 Å². The molecule has 1 aromatic heterocycles. The number of nitrogens with zero attached hydrogens (tertiary/aromatic N) is 2. The Bertz CT molecular complexity index is 821. The maximum absolute atomic E-state index is 12.3. The van der Waals surface area contributed by atoms with E-state index in [2.05, 4.69) is 15.6 Å². The second-order valence-electron chi connectivity index (χ2n) is 5.19. The summed E-state index contributed by atoms with van der Waals surface area (Å²) in [4.78, 5) is 40.0. The molecule has 2 N–H and O–H groups in total. The minimum absolute atomic E-state index is 0.308. The van der Waals surface area contributed by atoms with Crippen LogP contribution in [0.15, 0.2) is 29.3 Å². The van der Waals surface area contributed by atoms with Gasteiger partial charge >= 0.3 is 6.03 Å². The minimum Gasteiger partial charge on any atom is -0.382 e. The number of nitrogens with one attached hydrogen (secondary N) is 2. The minimum atomic E-state index is -0.619. The lowest BCUT2D eigenvalue weighted by Crippen LogP contribution is -2.42. The van der Waals surface area contributed by atoms with Crippen LogP contribution >= 0.6 is 11.6 Å². The molecule has 2 aromatic rings. The predicted octanol–water partition coefficient (Wildman–Crippen LogP) is 1.30. The van der Waals surface area contributed by atoms with Gasteiger partial charge in [-0.1, -0.05) is 11.6 Å². The van der Waals surface area contributed by atoms with Crippen molar-refractivity contribution in [3.63, 3.8) is 0 Å². The molecule has 0 aliphatic heterocycles. The van der Waals surface area contributed by atoms with E-state index in [1.807, 2.05) is 6.92 Å². The van der Waals surface area contributed by atoms with Crippen molar-refractivity contribution in [2.45, 2.75) is 19.9 Å². The number of amides is 3. The van der Waals surface area contributed by atoms with Crippen LogP contribution in [0.5, 0.6) is 0 Å². The van der Waals surface area contributed by atoms with Crippen molar-refractivity contribution >= 4 is 34.4 Å². The number of rotatable bonds is 7. The highest BCUT2D eigenvalue weighted by molar-refractivity contribution is 6.31. The van der Waals surface area contributed by atoms with Gasteiger partial charge in [-0.15, -0.1) is 0 Å². The van der Waals surface area contributed by atoms with Crippen LogP contribution in [-0.4, -0.2) is 41.2 Å². The molecule has 0 unspecified atom stereocenters. The zero-order valence-electron chi connectivity index (χ0n) is 13.8. The van der Waals surface area contributed by atoms with E-state index in [1.165, 1.54) is 12.4 Å². The Kier molecular flexibility index (Phi) is 6.91. The maximum atomic E-state index is 12.3. The summed E-state index contributed by atoms with van der Waals surface area (Å²) in [5, 5.41) is 5.41. The molecule has 134 valence electrons. The number of hydrogen-bond acceptors (Lipinski definition) is 5. The van der Waals surface area contributed by atoms with Crippen LogP contribution in [-0.2, 0) is 16.1 Å². The van der Waals surface area contributed by atoms with Crippen molar-refractivity contribution in [3.8, 4) is 0 Å². The average Bonchev–Trinajstić information content (AvgIpc) is 2.57. The Labute approximate surface area is 149 Å². The predicted molar refractivity (Wildman–Crippen MR) is 93.7 cm³/mol. The van der Waals surface area contributed by atoms with E-state index >= 15 is 0 Å². The molecule has 25 heavy (non-hydrogen) atoms. The largest absolute Gasteiger partial charge is 0.382 e. The molecular weight excluding hydrogens is 348 g/mol. The lowest BCUT2D eigenvalue weighted by atomic mass is 10.2. The van der Waals surface area contributed by atoms with Crippen LogP contribution in [0.2, 0.25) is 5.02 Å². The third-order valence-corrected chi connectivity index (χ3v) is 3.54. The van der Waals surface area contributed by atoms with Crippen molar-refractivity contribution in [1.29, 1.82) is 0 Å². The molecule has 0 radical (unpaired) electrons. The number of carbonyl (C=O) groups is 2. The number of urea groups is 1. The standard InChI is InChI=1S/C16H19ClN4O4/c1-2-25-7-3-6-18-16(24)20-14(22)9-21-10-19-13-5-4-11(17)8-12(13)15(21)23/h4-5,8,10H,2-3,6-7,9H2,1H3,(H2,18,20,22,24). The van der Waals surface area contributed by atoms with Crippen molar-refractivity contribution in [3.05, 3.63) is 39.9 Å². The normalized spacial score (nSPS) is 10.6. The van der Waals surface area contributed by atoms with Gasteiger partial charge in [-0.25, -0.2) is 9.78 Å². The summed E-state index contributed by atoms with van der Waals surface area (Å²) in [5.74, 6) is -0.618. The van der Waals surface area contributed by atoms with Crippen LogP contribution in [0.25, 0.3) is 10.9 Å². The van der Waals surface area contributed by atoms with Gasteiger partial charge in [0.05, 0.1) is 17.2 Å². The highest BCUT2D eigenvalue weighted by Crippen LogP contribution is 2.13. The average molecular weight is 367 g/mol. The van der Waals surface area contributed by atoms with Gasteiger partial charge in [0.15, 0.2) is 0 Å². The zero-order chi connectivity index (χ0) is 18.2. The second-order valence-corrected chi connectivity index (χ2v) is 5.63. The Balaban J connectivity index is 1.92. The molecule has 1 heterocycles. The first-order valence-electron chi connectivity index (χ1n) is 7.81. The number of fused-ring (bicyclic) bond motifs is 1. The van der Waals surface area contributed by atoms with Crippen LogP contribution in [0, 0.1) is 0 Å². The topological polar surface area (TPSA) is 102 Å². The number of halogens is 1. The molecule has 1 aromatic carbocycles.